The van der Waals surface area contributed by atoms with Gasteiger partial charge in [-0.3, -0.25) is 4.98 Å². The third-order valence-corrected chi connectivity index (χ3v) is 4.58. The molecule has 152 valence electrons. The van der Waals surface area contributed by atoms with Gasteiger partial charge >= 0.3 is 12.3 Å². The molecular weight excluding hydrogens is 371 g/mol. The number of halogens is 3. The number of piperidine rings is 1. The number of hydrogen-bond acceptors (Lipinski definition) is 4. The Morgan fingerprint density at radius 2 is 1.86 bits per heavy atom. The Labute approximate surface area is 161 Å². The lowest BCUT2D eigenvalue weighted by molar-refractivity contribution is -0.136. The van der Waals surface area contributed by atoms with Crippen molar-refractivity contribution >= 4 is 22.7 Å². The molecule has 1 N–H and O–H groups in total. The van der Waals surface area contributed by atoms with Crippen molar-refractivity contribution in [3.05, 3.63) is 36.0 Å². The van der Waals surface area contributed by atoms with Gasteiger partial charge in [0.05, 0.1) is 11.1 Å². The number of amides is 1. The highest BCUT2D eigenvalue weighted by Crippen LogP contribution is 2.36. The normalized spacial score (nSPS) is 16.3. The van der Waals surface area contributed by atoms with Gasteiger partial charge in [0.2, 0.25) is 0 Å². The molecule has 1 saturated heterocycles. The van der Waals surface area contributed by atoms with Crippen LogP contribution < -0.4 is 5.32 Å². The lowest BCUT2D eigenvalue weighted by Gasteiger charge is -2.34. The van der Waals surface area contributed by atoms with E-state index in [0.29, 0.717) is 37.0 Å². The average molecular weight is 395 g/mol. The number of aromatic nitrogens is 1. The van der Waals surface area contributed by atoms with Crippen molar-refractivity contribution in [2.24, 2.45) is 0 Å². The molecule has 3 rings (SSSR count). The van der Waals surface area contributed by atoms with E-state index in [0.717, 1.165) is 6.07 Å². The molecule has 1 aromatic carbocycles. The van der Waals surface area contributed by atoms with Gasteiger partial charge in [0.25, 0.3) is 0 Å². The van der Waals surface area contributed by atoms with Crippen molar-refractivity contribution in [2.45, 2.75) is 51.4 Å². The summed E-state index contributed by atoms with van der Waals surface area (Å²) in [4.78, 5) is 17.8. The van der Waals surface area contributed by atoms with E-state index in [2.05, 4.69) is 10.3 Å². The van der Waals surface area contributed by atoms with E-state index >= 15 is 0 Å². The number of rotatable bonds is 2. The van der Waals surface area contributed by atoms with Crippen LogP contribution in [-0.2, 0) is 10.9 Å². The van der Waals surface area contributed by atoms with Gasteiger partial charge in [0.15, 0.2) is 0 Å². The lowest BCUT2D eigenvalue weighted by Crippen LogP contribution is -2.44. The summed E-state index contributed by atoms with van der Waals surface area (Å²) in [5.41, 5.74) is -0.732. The van der Waals surface area contributed by atoms with Crippen molar-refractivity contribution in [2.75, 3.05) is 18.4 Å². The summed E-state index contributed by atoms with van der Waals surface area (Å²) in [6.07, 6.45) is -2.04. The van der Waals surface area contributed by atoms with E-state index in [1.165, 1.54) is 12.3 Å². The minimum absolute atomic E-state index is 0.0545. The first-order valence-corrected chi connectivity index (χ1v) is 9.24. The van der Waals surface area contributed by atoms with E-state index in [1.54, 1.807) is 17.0 Å². The van der Waals surface area contributed by atoms with E-state index in [1.807, 2.05) is 20.8 Å². The van der Waals surface area contributed by atoms with Gasteiger partial charge in [-0.15, -0.1) is 0 Å². The fourth-order valence-corrected chi connectivity index (χ4v) is 3.28. The third-order valence-electron chi connectivity index (χ3n) is 4.58. The molecule has 1 aromatic heterocycles. The topological polar surface area (TPSA) is 54.5 Å². The van der Waals surface area contributed by atoms with Gasteiger partial charge in [0.1, 0.15) is 5.60 Å². The van der Waals surface area contributed by atoms with E-state index in [4.69, 9.17) is 4.74 Å². The molecule has 1 aliphatic heterocycles. The number of carbonyl (C=O) groups is 1. The summed E-state index contributed by atoms with van der Waals surface area (Å²) < 4.78 is 45.1. The average Bonchev–Trinajstić information content (AvgIpc) is 2.60. The van der Waals surface area contributed by atoms with Crippen LogP contribution in [0, 0.1) is 0 Å². The highest BCUT2D eigenvalue weighted by atomic mass is 19.4. The summed E-state index contributed by atoms with van der Waals surface area (Å²) >= 11 is 0. The highest BCUT2D eigenvalue weighted by molar-refractivity contribution is 5.93. The number of anilines is 1. The number of pyridine rings is 1. The fraction of sp³-hybridized carbons (Fsp3) is 0.500. The Morgan fingerprint density at radius 3 is 2.46 bits per heavy atom. The molecule has 1 fully saturated rings. The van der Waals surface area contributed by atoms with Crippen LogP contribution in [0.2, 0.25) is 0 Å². The zero-order valence-electron chi connectivity index (χ0n) is 16.1. The van der Waals surface area contributed by atoms with Crippen LogP contribution in [0.5, 0.6) is 0 Å². The number of fused-ring (bicyclic) bond motifs is 1. The van der Waals surface area contributed by atoms with Gasteiger partial charge in [-0.05, 0) is 45.7 Å². The number of para-hydroxylation sites is 1. The molecule has 8 heteroatoms. The second-order valence-corrected chi connectivity index (χ2v) is 7.94. The second kappa shape index (κ2) is 7.48. The van der Waals surface area contributed by atoms with Crippen molar-refractivity contribution in [3.8, 4) is 0 Å². The number of carbonyl (C=O) groups excluding carboxylic acids is 1. The van der Waals surface area contributed by atoms with Crippen molar-refractivity contribution in [1.29, 1.82) is 0 Å². The highest BCUT2D eigenvalue weighted by Gasteiger charge is 2.33. The SMILES string of the molecule is CC(C)(C)OC(=O)N1CCC(Nc2ccnc3c(C(F)(F)F)cccc23)CC1. The second-order valence-electron chi connectivity index (χ2n) is 7.94. The number of alkyl halides is 3. The lowest BCUT2D eigenvalue weighted by atomic mass is 10.0. The van der Waals surface area contributed by atoms with Crippen molar-refractivity contribution < 1.29 is 22.7 Å². The quantitative estimate of drug-likeness (QED) is 0.772. The molecule has 0 atom stereocenters. The molecule has 0 saturated carbocycles. The van der Waals surface area contributed by atoms with Crippen molar-refractivity contribution in [1.82, 2.24) is 9.88 Å². The maximum Gasteiger partial charge on any atom is 0.418 e. The van der Waals surface area contributed by atoms with Gasteiger partial charge < -0.3 is 15.0 Å². The Bertz CT molecular complexity index is 854. The zero-order chi connectivity index (χ0) is 20.5. The summed E-state index contributed by atoms with van der Waals surface area (Å²) in [7, 11) is 0. The van der Waals surface area contributed by atoms with Crippen LogP contribution >= 0.6 is 0 Å². The zero-order valence-corrected chi connectivity index (χ0v) is 16.1. The van der Waals surface area contributed by atoms with Crippen LogP contribution in [0.1, 0.15) is 39.2 Å². The van der Waals surface area contributed by atoms with Crippen LogP contribution in [-0.4, -0.2) is 40.7 Å². The van der Waals surface area contributed by atoms with Crippen LogP contribution in [0.15, 0.2) is 30.5 Å². The smallest absolute Gasteiger partial charge is 0.418 e. The summed E-state index contributed by atoms with van der Waals surface area (Å²) in [5, 5.41) is 3.76. The Kier molecular flexibility index (Phi) is 5.41. The summed E-state index contributed by atoms with van der Waals surface area (Å²) in [5.74, 6) is 0. The third kappa shape index (κ3) is 4.66. The maximum atomic E-state index is 13.2. The largest absolute Gasteiger partial charge is 0.444 e. The van der Waals surface area contributed by atoms with E-state index in [-0.39, 0.29) is 17.7 Å². The molecule has 0 unspecified atom stereocenters. The Hall–Kier alpha value is -2.51. The molecule has 1 amide bonds. The monoisotopic (exact) mass is 395 g/mol. The van der Waals surface area contributed by atoms with Crippen LogP contribution in [0.4, 0.5) is 23.7 Å². The minimum Gasteiger partial charge on any atom is -0.444 e. The minimum atomic E-state index is -4.45. The molecule has 2 heterocycles. The van der Waals surface area contributed by atoms with E-state index < -0.39 is 17.3 Å². The Balaban J connectivity index is 1.71. The summed E-state index contributed by atoms with van der Waals surface area (Å²) in [6, 6.07) is 5.80. The predicted molar refractivity (Wildman–Crippen MR) is 101 cm³/mol. The molecule has 0 aliphatic carbocycles. The first kappa shape index (κ1) is 20.2. The molecule has 0 bridgehead atoms. The number of benzene rings is 1. The molecule has 2 aromatic rings. The van der Waals surface area contributed by atoms with Gasteiger partial charge in [-0.25, -0.2) is 4.79 Å². The molecule has 0 radical (unpaired) electrons. The Morgan fingerprint density at radius 1 is 1.18 bits per heavy atom. The number of hydrogen-bond donors (Lipinski definition) is 1. The predicted octanol–water partition coefficient (Wildman–Crippen LogP) is 5.07. The molecule has 5 nitrogen and oxygen atoms in total. The van der Waals surface area contributed by atoms with Gasteiger partial charge in [-0.1, -0.05) is 12.1 Å². The van der Waals surface area contributed by atoms with E-state index in [9.17, 15) is 18.0 Å². The number of ether oxygens (including phenoxy) is 1. The molecular formula is C20H24F3N3O2. The number of likely N-dealkylation sites (tertiary alicyclic amines) is 1. The van der Waals surface area contributed by atoms with Gasteiger partial charge in [0, 0.05) is 36.4 Å². The standard InChI is InChI=1S/C20H24F3N3O2/c1-19(2,3)28-18(27)26-11-8-13(9-12-26)25-16-7-10-24-17-14(16)5-4-6-15(17)20(21,22)23/h4-7,10,13H,8-9,11-12H2,1-3H3,(H,24,25). The molecule has 28 heavy (non-hydrogen) atoms. The first-order valence-electron chi connectivity index (χ1n) is 9.24. The fourth-order valence-electron chi connectivity index (χ4n) is 3.28. The molecule has 0 spiro atoms. The van der Waals surface area contributed by atoms with Crippen molar-refractivity contribution in [3.63, 3.8) is 0 Å². The van der Waals surface area contributed by atoms with Crippen LogP contribution in [0.25, 0.3) is 10.9 Å². The maximum absolute atomic E-state index is 13.2. The number of nitrogens with zero attached hydrogens (tertiary/aromatic N) is 2. The first-order chi connectivity index (χ1) is 13.0. The van der Waals surface area contributed by atoms with Crippen LogP contribution in [0.3, 0.4) is 0 Å². The van der Waals surface area contributed by atoms with Gasteiger partial charge in [-0.2, -0.15) is 13.2 Å². The molecule has 1 aliphatic rings. The summed E-state index contributed by atoms with van der Waals surface area (Å²) in [6.45, 7) is 6.53. The number of nitrogens with one attached hydrogen (secondary N) is 1.